The summed E-state index contributed by atoms with van der Waals surface area (Å²) in [6.45, 7) is 2.48. The zero-order valence-corrected chi connectivity index (χ0v) is 13.6. The molecule has 1 aliphatic heterocycles. The van der Waals surface area contributed by atoms with Crippen molar-refractivity contribution in [2.75, 3.05) is 11.9 Å². The molecule has 6 heteroatoms. The second-order valence-electron chi connectivity index (χ2n) is 5.99. The van der Waals surface area contributed by atoms with E-state index in [4.69, 9.17) is 4.74 Å². The molecule has 6 nitrogen and oxygen atoms in total. The minimum atomic E-state index is -0.583. The Bertz CT molecular complexity index is 932. The fourth-order valence-corrected chi connectivity index (χ4v) is 3.20. The molecule has 1 amide bonds. The number of hydrogen-bond acceptors (Lipinski definition) is 4. The fraction of sp³-hybridized carbons (Fsp3) is 0.278. The van der Waals surface area contributed by atoms with Crippen LogP contribution in [0.1, 0.15) is 22.9 Å². The van der Waals surface area contributed by atoms with Gasteiger partial charge in [0.25, 0.3) is 5.91 Å². The third-order valence-electron chi connectivity index (χ3n) is 4.36. The molecule has 1 unspecified atom stereocenters. The number of carbonyl (C=O) groups is 1. The van der Waals surface area contributed by atoms with Crippen LogP contribution < -0.4 is 5.32 Å². The molecule has 1 atom stereocenters. The molecule has 0 bridgehead atoms. The molecule has 1 N–H and O–H groups in total. The first kappa shape index (κ1) is 14.8. The van der Waals surface area contributed by atoms with E-state index in [0.29, 0.717) is 12.3 Å². The third kappa shape index (κ3) is 2.45. The third-order valence-corrected chi connectivity index (χ3v) is 4.36. The average molecular weight is 322 g/mol. The molecule has 0 radical (unpaired) electrons. The number of fused-ring (bicyclic) bond motifs is 2. The molecule has 24 heavy (non-hydrogen) atoms. The number of carbonyl (C=O) groups excluding carboxylic acids is 1. The van der Waals surface area contributed by atoms with E-state index in [2.05, 4.69) is 15.4 Å². The molecule has 4 rings (SSSR count). The Morgan fingerprint density at radius 2 is 2.21 bits per heavy atom. The fourth-order valence-electron chi connectivity index (χ4n) is 3.20. The maximum absolute atomic E-state index is 12.7. The van der Waals surface area contributed by atoms with Gasteiger partial charge in [0, 0.05) is 12.4 Å². The first-order valence-electron chi connectivity index (χ1n) is 7.93. The molecule has 2 aromatic heterocycles. The van der Waals surface area contributed by atoms with Crippen molar-refractivity contribution < 1.29 is 9.53 Å². The summed E-state index contributed by atoms with van der Waals surface area (Å²) < 4.78 is 7.44. The predicted octanol–water partition coefficient (Wildman–Crippen LogP) is 2.53. The highest BCUT2D eigenvalue weighted by atomic mass is 16.5. The number of pyridine rings is 1. The van der Waals surface area contributed by atoms with E-state index >= 15 is 0 Å². The summed E-state index contributed by atoms with van der Waals surface area (Å²) >= 11 is 0. The quantitative estimate of drug-likeness (QED) is 0.787. The van der Waals surface area contributed by atoms with E-state index in [0.717, 1.165) is 28.7 Å². The van der Waals surface area contributed by atoms with Crippen molar-refractivity contribution in [1.29, 1.82) is 0 Å². The van der Waals surface area contributed by atoms with E-state index in [1.54, 1.807) is 10.9 Å². The van der Waals surface area contributed by atoms with Crippen molar-refractivity contribution in [3.05, 3.63) is 53.3 Å². The largest absolute Gasteiger partial charge is 0.363 e. The summed E-state index contributed by atoms with van der Waals surface area (Å²) in [5.74, 6) is -0.176. The molecular weight excluding hydrogens is 304 g/mol. The lowest BCUT2D eigenvalue weighted by atomic mass is 9.97. The van der Waals surface area contributed by atoms with Crippen molar-refractivity contribution in [1.82, 2.24) is 14.8 Å². The van der Waals surface area contributed by atoms with Crippen LogP contribution in [0.15, 0.2) is 36.5 Å². The minimum Gasteiger partial charge on any atom is -0.363 e. The first-order valence-corrected chi connectivity index (χ1v) is 7.93. The van der Waals surface area contributed by atoms with E-state index in [1.165, 1.54) is 5.56 Å². The number of nitrogens with zero attached hydrogens (tertiary/aromatic N) is 3. The van der Waals surface area contributed by atoms with Gasteiger partial charge in [0.2, 0.25) is 0 Å². The SMILES string of the molecule is Cc1nn(C)c2ncc(NC(=O)C3OCCc4ccccc43)cc12. The summed E-state index contributed by atoms with van der Waals surface area (Å²) in [5.41, 5.74) is 4.43. The van der Waals surface area contributed by atoms with Gasteiger partial charge in [-0.2, -0.15) is 5.10 Å². The highest BCUT2D eigenvalue weighted by Crippen LogP contribution is 2.28. The Kier molecular flexibility index (Phi) is 3.54. The monoisotopic (exact) mass is 322 g/mol. The highest BCUT2D eigenvalue weighted by Gasteiger charge is 2.27. The van der Waals surface area contributed by atoms with Crippen LogP contribution in [0.4, 0.5) is 5.69 Å². The molecular formula is C18H18N4O2. The molecule has 1 aliphatic rings. The first-order chi connectivity index (χ1) is 11.6. The van der Waals surface area contributed by atoms with Gasteiger partial charge in [-0.15, -0.1) is 0 Å². The van der Waals surface area contributed by atoms with E-state index in [1.807, 2.05) is 44.3 Å². The minimum absolute atomic E-state index is 0.176. The number of rotatable bonds is 2. The molecule has 0 spiro atoms. The Labute approximate surface area is 139 Å². The lowest BCUT2D eigenvalue weighted by Gasteiger charge is -2.25. The van der Waals surface area contributed by atoms with E-state index in [-0.39, 0.29) is 5.91 Å². The Morgan fingerprint density at radius 3 is 3.08 bits per heavy atom. The maximum Gasteiger partial charge on any atom is 0.258 e. The van der Waals surface area contributed by atoms with Gasteiger partial charge in [-0.25, -0.2) is 4.98 Å². The highest BCUT2D eigenvalue weighted by molar-refractivity contribution is 5.96. The number of ether oxygens (including phenoxy) is 1. The van der Waals surface area contributed by atoms with Gasteiger partial charge in [-0.3, -0.25) is 9.48 Å². The molecule has 3 heterocycles. The van der Waals surface area contributed by atoms with Crippen LogP contribution in [0.2, 0.25) is 0 Å². The summed E-state index contributed by atoms with van der Waals surface area (Å²) in [7, 11) is 1.85. The standard InChI is InChI=1S/C18H18N4O2/c1-11-15-9-13(10-19-17(15)22(2)21-11)20-18(23)16-14-6-4-3-5-12(14)7-8-24-16/h3-6,9-10,16H,7-8H2,1-2H3,(H,20,23). The van der Waals surface area contributed by atoms with E-state index in [9.17, 15) is 4.79 Å². The second kappa shape index (κ2) is 5.72. The number of amides is 1. The normalized spacial score (nSPS) is 16.8. The van der Waals surface area contributed by atoms with Crippen molar-refractivity contribution in [2.24, 2.45) is 7.05 Å². The van der Waals surface area contributed by atoms with Crippen LogP contribution in [0.3, 0.4) is 0 Å². The van der Waals surface area contributed by atoms with Crippen molar-refractivity contribution in [3.8, 4) is 0 Å². The Hall–Kier alpha value is -2.73. The molecule has 1 aromatic carbocycles. The smallest absolute Gasteiger partial charge is 0.258 e. The van der Waals surface area contributed by atoms with Crippen LogP contribution in [0, 0.1) is 6.92 Å². The summed E-state index contributed by atoms with van der Waals surface area (Å²) in [5, 5.41) is 8.20. The van der Waals surface area contributed by atoms with Gasteiger partial charge in [-0.05, 0) is 30.5 Å². The number of nitrogens with one attached hydrogen (secondary N) is 1. The van der Waals surface area contributed by atoms with Crippen molar-refractivity contribution >= 4 is 22.6 Å². The molecule has 122 valence electrons. The van der Waals surface area contributed by atoms with E-state index < -0.39 is 6.10 Å². The van der Waals surface area contributed by atoms with Crippen molar-refractivity contribution in [2.45, 2.75) is 19.4 Å². The van der Waals surface area contributed by atoms with Gasteiger partial charge in [-0.1, -0.05) is 24.3 Å². The molecule has 0 fully saturated rings. The van der Waals surface area contributed by atoms with Crippen LogP contribution in [0.25, 0.3) is 11.0 Å². The van der Waals surface area contributed by atoms with Gasteiger partial charge >= 0.3 is 0 Å². The van der Waals surface area contributed by atoms with Crippen LogP contribution in [0.5, 0.6) is 0 Å². The summed E-state index contributed by atoms with van der Waals surface area (Å²) in [6, 6.07) is 9.82. The molecule has 0 aliphatic carbocycles. The zero-order valence-electron chi connectivity index (χ0n) is 13.6. The molecule has 0 saturated heterocycles. The second-order valence-corrected chi connectivity index (χ2v) is 5.99. The number of hydrogen-bond donors (Lipinski definition) is 1. The topological polar surface area (TPSA) is 69.0 Å². The van der Waals surface area contributed by atoms with Gasteiger partial charge in [0.1, 0.15) is 0 Å². The van der Waals surface area contributed by atoms with Crippen molar-refractivity contribution in [3.63, 3.8) is 0 Å². The number of aromatic nitrogens is 3. The zero-order chi connectivity index (χ0) is 16.7. The molecule has 0 saturated carbocycles. The van der Waals surface area contributed by atoms with Gasteiger partial charge in [0.05, 0.1) is 24.2 Å². The number of benzene rings is 1. The summed E-state index contributed by atoms with van der Waals surface area (Å²) in [4.78, 5) is 17.1. The predicted molar refractivity (Wildman–Crippen MR) is 90.7 cm³/mol. The Balaban J connectivity index is 1.62. The van der Waals surface area contributed by atoms with Gasteiger partial charge in [0.15, 0.2) is 11.8 Å². The lowest BCUT2D eigenvalue weighted by molar-refractivity contribution is -0.128. The van der Waals surface area contributed by atoms with Crippen LogP contribution in [-0.4, -0.2) is 27.3 Å². The molecule has 3 aromatic rings. The number of aryl methyl sites for hydroxylation is 2. The number of anilines is 1. The maximum atomic E-state index is 12.7. The van der Waals surface area contributed by atoms with Crippen LogP contribution >= 0.6 is 0 Å². The Morgan fingerprint density at radius 1 is 1.38 bits per heavy atom. The summed E-state index contributed by atoms with van der Waals surface area (Å²) in [6.07, 6.45) is 1.90. The lowest BCUT2D eigenvalue weighted by Crippen LogP contribution is -2.28. The average Bonchev–Trinajstić information content (AvgIpc) is 2.88. The van der Waals surface area contributed by atoms with Crippen LogP contribution in [-0.2, 0) is 23.0 Å². The van der Waals surface area contributed by atoms with Gasteiger partial charge < -0.3 is 10.1 Å².